The first-order valence-corrected chi connectivity index (χ1v) is 5.82. The number of carbonyl (C=O) groups is 1. The van der Waals surface area contributed by atoms with Crippen LogP contribution in [0.2, 0.25) is 0 Å². The Bertz CT molecular complexity index is 523. The van der Waals surface area contributed by atoms with Crippen LogP contribution in [0.15, 0.2) is 18.2 Å². The summed E-state index contributed by atoms with van der Waals surface area (Å²) in [5.41, 5.74) is -0.689. The second-order valence-electron chi connectivity index (χ2n) is 5.30. The molecule has 0 amide bonds. The number of nitrogens with one attached hydrogen (secondary N) is 1. The SMILES string of the molecule is CC(C)(C(=O)O)C1Cc2ccc(C(F)(F)F)cc2N1. The summed E-state index contributed by atoms with van der Waals surface area (Å²) in [4.78, 5) is 11.2. The summed E-state index contributed by atoms with van der Waals surface area (Å²) in [6.45, 7) is 3.12. The molecule has 0 radical (unpaired) electrons. The zero-order valence-electron chi connectivity index (χ0n) is 10.5. The Hall–Kier alpha value is -1.72. The number of fused-ring (bicyclic) bond motifs is 1. The monoisotopic (exact) mass is 273 g/mol. The number of hydrogen-bond donors (Lipinski definition) is 2. The van der Waals surface area contributed by atoms with Crippen LogP contribution < -0.4 is 5.32 Å². The normalized spacial score (nSPS) is 18.9. The molecule has 0 spiro atoms. The number of anilines is 1. The van der Waals surface area contributed by atoms with E-state index in [-0.39, 0.29) is 0 Å². The molecule has 0 saturated carbocycles. The fourth-order valence-corrected chi connectivity index (χ4v) is 2.11. The van der Waals surface area contributed by atoms with E-state index >= 15 is 0 Å². The molecular formula is C13H14F3NO2. The molecule has 2 N–H and O–H groups in total. The minimum atomic E-state index is -4.39. The van der Waals surface area contributed by atoms with Crippen molar-refractivity contribution in [2.45, 2.75) is 32.5 Å². The van der Waals surface area contributed by atoms with Crippen molar-refractivity contribution in [3.8, 4) is 0 Å². The second-order valence-corrected chi connectivity index (χ2v) is 5.30. The molecule has 1 unspecified atom stereocenters. The Morgan fingerprint density at radius 3 is 2.53 bits per heavy atom. The first-order valence-electron chi connectivity index (χ1n) is 5.82. The molecule has 1 aromatic rings. The van der Waals surface area contributed by atoms with Crippen molar-refractivity contribution in [3.63, 3.8) is 0 Å². The molecule has 6 heteroatoms. The molecule has 1 aliphatic heterocycles. The van der Waals surface area contributed by atoms with E-state index in [2.05, 4.69) is 5.32 Å². The lowest BCUT2D eigenvalue weighted by molar-refractivity contribution is -0.147. The minimum absolute atomic E-state index is 0.370. The van der Waals surface area contributed by atoms with Gasteiger partial charge in [-0.3, -0.25) is 4.79 Å². The van der Waals surface area contributed by atoms with E-state index < -0.39 is 29.2 Å². The van der Waals surface area contributed by atoms with Gasteiger partial charge in [0.15, 0.2) is 0 Å². The van der Waals surface area contributed by atoms with Crippen molar-refractivity contribution >= 4 is 11.7 Å². The summed E-state index contributed by atoms with van der Waals surface area (Å²) in [5, 5.41) is 12.0. The summed E-state index contributed by atoms with van der Waals surface area (Å²) in [7, 11) is 0. The lowest BCUT2D eigenvalue weighted by Gasteiger charge is -2.27. The van der Waals surface area contributed by atoms with Crippen molar-refractivity contribution in [3.05, 3.63) is 29.3 Å². The number of benzene rings is 1. The van der Waals surface area contributed by atoms with Gasteiger partial charge in [-0.1, -0.05) is 6.07 Å². The van der Waals surface area contributed by atoms with Gasteiger partial charge in [0, 0.05) is 11.7 Å². The molecule has 1 atom stereocenters. The quantitative estimate of drug-likeness (QED) is 0.870. The van der Waals surface area contributed by atoms with Crippen molar-refractivity contribution in [2.75, 3.05) is 5.32 Å². The predicted molar refractivity (Wildman–Crippen MR) is 64.0 cm³/mol. The van der Waals surface area contributed by atoms with Crippen LogP contribution in [0, 0.1) is 5.41 Å². The number of carboxylic acids is 1. The zero-order valence-corrected chi connectivity index (χ0v) is 10.5. The molecule has 0 saturated heterocycles. The third kappa shape index (κ3) is 2.39. The van der Waals surface area contributed by atoms with Crippen LogP contribution in [0.1, 0.15) is 25.0 Å². The van der Waals surface area contributed by atoms with Crippen LogP contribution in [0.25, 0.3) is 0 Å². The van der Waals surface area contributed by atoms with Crippen molar-refractivity contribution in [2.24, 2.45) is 5.41 Å². The molecular weight excluding hydrogens is 259 g/mol. The van der Waals surface area contributed by atoms with Crippen LogP contribution in [0.4, 0.5) is 18.9 Å². The molecule has 0 fully saturated rings. The van der Waals surface area contributed by atoms with Gasteiger partial charge in [0.1, 0.15) is 0 Å². The number of hydrogen-bond acceptors (Lipinski definition) is 2. The Balaban J connectivity index is 2.29. The van der Waals surface area contributed by atoms with E-state index in [1.54, 1.807) is 13.8 Å². The van der Waals surface area contributed by atoms with Gasteiger partial charge in [-0.15, -0.1) is 0 Å². The Labute approximate surface area is 108 Å². The van der Waals surface area contributed by atoms with E-state index in [1.807, 2.05) is 0 Å². The van der Waals surface area contributed by atoms with Gasteiger partial charge in [0.2, 0.25) is 0 Å². The minimum Gasteiger partial charge on any atom is -0.481 e. The average molecular weight is 273 g/mol. The van der Waals surface area contributed by atoms with Gasteiger partial charge >= 0.3 is 12.1 Å². The second kappa shape index (κ2) is 4.15. The highest BCUT2D eigenvalue weighted by molar-refractivity contribution is 5.76. The Morgan fingerprint density at radius 2 is 2.00 bits per heavy atom. The predicted octanol–water partition coefficient (Wildman–Crippen LogP) is 3.15. The molecule has 1 aromatic carbocycles. The van der Waals surface area contributed by atoms with E-state index in [0.717, 1.165) is 12.1 Å². The van der Waals surface area contributed by atoms with Gasteiger partial charge < -0.3 is 10.4 Å². The molecule has 1 heterocycles. The first kappa shape index (κ1) is 13.7. The lowest BCUT2D eigenvalue weighted by Crippen LogP contribution is -2.41. The highest BCUT2D eigenvalue weighted by atomic mass is 19.4. The zero-order chi connectivity index (χ0) is 14.4. The fourth-order valence-electron chi connectivity index (χ4n) is 2.11. The van der Waals surface area contributed by atoms with Crippen molar-refractivity contribution in [1.29, 1.82) is 0 Å². The van der Waals surface area contributed by atoms with Crippen LogP contribution in [0.5, 0.6) is 0 Å². The lowest BCUT2D eigenvalue weighted by atomic mass is 9.83. The summed E-state index contributed by atoms with van der Waals surface area (Å²) < 4.78 is 37.8. The molecule has 0 bridgehead atoms. The molecule has 0 aromatic heterocycles. The van der Waals surface area contributed by atoms with E-state index in [1.165, 1.54) is 6.07 Å². The van der Waals surface area contributed by atoms with Crippen LogP contribution in [-0.2, 0) is 17.4 Å². The van der Waals surface area contributed by atoms with Crippen molar-refractivity contribution < 1.29 is 23.1 Å². The standard InChI is InChI=1S/C13H14F3NO2/c1-12(2,11(18)19)10-5-7-3-4-8(13(14,15)16)6-9(7)17-10/h3-4,6,10,17H,5H2,1-2H3,(H,18,19). The van der Waals surface area contributed by atoms with Gasteiger partial charge in [0.25, 0.3) is 0 Å². The molecule has 1 aliphatic rings. The highest BCUT2D eigenvalue weighted by Crippen LogP contribution is 2.38. The Morgan fingerprint density at radius 1 is 1.37 bits per heavy atom. The Kier molecular flexibility index (Phi) is 2.99. The van der Waals surface area contributed by atoms with Gasteiger partial charge in [-0.05, 0) is 38.0 Å². The molecule has 0 aliphatic carbocycles. The van der Waals surface area contributed by atoms with Gasteiger partial charge in [0.05, 0.1) is 11.0 Å². The smallest absolute Gasteiger partial charge is 0.416 e. The van der Waals surface area contributed by atoms with Crippen LogP contribution in [0.3, 0.4) is 0 Å². The van der Waals surface area contributed by atoms with Gasteiger partial charge in [-0.25, -0.2) is 0 Å². The van der Waals surface area contributed by atoms with Gasteiger partial charge in [-0.2, -0.15) is 13.2 Å². The summed E-state index contributed by atoms with van der Waals surface area (Å²) in [6, 6.07) is 3.05. The number of aliphatic carboxylic acids is 1. The number of alkyl halides is 3. The molecule has 19 heavy (non-hydrogen) atoms. The number of rotatable bonds is 2. The summed E-state index contributed by atoms with van der Waals surface area (Å²) >= 11 is 0. The maximum atomic E-state index is 12.6. The molecule has 104 valence electrons. The maximum absolute atomic E-state index is 12.6. The third-order valence-electron chi connectivity index (χ3n) is 3.61. The maximum Gasteiger partial charge on any atom is 0.416 e. The topological polar surface area (TPSA) is 49.3 Å². The summed E-state index contributed by atoms with van der Waals surface area (Å²) in [5.74, 6) is -0.978. The van der Waals surface area contributed by atoms with Crippen LogP contribution in [-0.4, -0.2) is 17.1 Å². The first-order chi connectivity index (χ1) is 8.62. The molecule has 2 rings (SSSR count). The molecule has 3 nitrogen and oxygen atoms in total. The van der Waals surface area contributed by atoms with E-state index in [4.69, 9.17) is 5.11 Å². The average Bonchev–Trinajstić information content (AvgIpc) is 2.70. The highest BCUT2D eigenvalue weighted by Gasteiger charge is 2.41. The number of carboxylic acid groups (broad SMARTS) is 1. The number of halogens is 3. The largest absolute Gasteiger partial charge is 0.481 e. The third-order valence-corrected chi connectivity index (χ3v) is 3.61. The van der Waals surface area contributed by atoms with E-state index in [9.17, 15) is 18.0 Å². The van der Waals surface area contributed by atoms with E-state index in [0.29, 0.717) is 17.7 Å². The summed E-state index contributed by atoms with van der Waals surface area (Å²) in [6.07, 6.45) is -3.98. The fraction of sp³-hybridized carbons (Fsp3) is 0.462. The van der Waals surface area contributed by atoms with Crippen molar-refractivity contribution in [1.82, 2.24) is 0 Å². The van der Waals surface area contributed by atoms with Crippen LogP contribution >= 0.6 is 0 Å².